The molecule has 0 aliphatic carbocycles. The molecule has 6 nitrogen and oxygen atoms in total. The van der Waals surface area contributed by atoms with Crippen LogP contribution in [0.15, 0.2) is 24.3 Å². The summed E-state index contributed by atoms with van der Waals surface area (Å²) in [6, 6.07) is 7.44. The number of rotatable bonds is 3. The van der Waals surface area contributed by atoms with E-state index in [2.05, 4.69) is 23.7 Å². The Morgan fingerprint density at radius 1 is 0.938 bits per heavy atom. The van der Waals surface area contributed by atoms with E-state index in [0.29, 0.717) is 30.4 Å². The number of aromatic nitrogens is 1. The van der Waals surface area contributed by atoms with Crippen LogP contribution in [0.2, 0.25) is 0 Å². The van der Waals surface area contributed by atoms with Crippen LogP contribution >= 0.6 is 0 Å². The number of carbonyl (C=O) groups excluding carboxylic acids is 2. The lowest BCUT2D eigenvalue weighted by Gasteiger charge is -2.37. The van der Waals surface area contributed by atoms with E-state index in [1.807, 2.05) is 4.90 Å². The van der Waals surface area contributed by atoms with Crippen LogP contribution in [0.25, 0.3) is 10.9 Å². The minimum absolute atomic E-state index is 0.0291. The molecular weight excluding hydrogens is 421 g/mol. The topological polar surface area (TPSA) is 59.7 Å². The number of nitrogens with one attached hydrogen (secondary N) is 1. The molecule has 2 aliphatic heterocycles. The number of piperidine rings is 1. The van der Waals surface area contributed by atoms with E-state index >= 15 is 0 Å². The van der Waals surface area contributed by atoms with Crippen molar-refractivity contribution in [1.29, 1.82) is 0 Å². The van der Waals surface area contributed by atoms with Crippen molar-refractivity contribution < 1.29 is 22.8 Å². The van der Waals surface area contributed by atoms with Crippen molar-refractivity contribution in [3.63, 3.8) is 0 Å². The Bertz CT molecular complexity index is 985. The second kappa shape index (κ2) is 8.77. The predicted molar refractivity (Wildman–Crippen MR) is 116 cm³/mol. The summed E-state index contributed by atoms with van der Waals surface area (Å²) in [7, 11) is 0. The number of hydrogen-bond acceptors (Lipinski definition) is 3. The lowest BCUT2D eigenvalue weighted by molar-refractivity contribution is -0.183. The number of amides is 2. The highest BCUT2D eigenvalue weighted by atomic mass is 19.4. The summed E-state index contributed by atoms with van der Waals surface area (Å²) < 4.78 is 38.6. The monoisotopic (exact) mass is 450 g/mol. The van der Waals surface area contributed by atoms with Crippen LogP contribution in [0.5, 0.6) is 0 Å². The molecule has 1 aromatic carbocycles. The molecule has 0 spiro atoms. The lowest BCUT2D eigenvalue weighted by Crippen LogP contribution is -2.50. The SMILES string of the molecule is CC(C)N1CCN(C(=O)c2ccc3[nH]c(C(=O)N4CCC(C(F)(F)F)CC4)cc3c2)CC1. The van der Waals surface area contributed by atoms with Gasteiger partial charge >= 0.3 is 6.18 Å². The first-order valence-electron chi connectivity index (χ1n) is 11.2. The van der Waals surface area contributed by atoms with Crippen molar-refractivity contribution in [3.05, 3.63) is 35.5 Å². The Morgan fingerprint density at radius 3 is 2.16 bits per heavy atom. The van der Waals surface area contributed by atoms with Crippen LogP contribution in [0.3, 0.4) is 0 Å². The molecule has 2 fully saturated rings. The van der Waals surface area contributed by atoms with Crippen molar-refractivity contribution in [3.8, 4) is 0 Å². The summed E-state index contributed by atoms with van der Waals surface area (Å²) in [5, 5.41) is 0.741. The summed E-state index contributed by atoms with van der Waals surface area (Å²) in [6.07, 6.45) is -4.35. The van der Waals surface area contributed by atoms with Crippen LogP contribution in [0.1, 0.15) is 47.5 Å². The quantitative estimate of drug-likeness (QED) is 0.775. The number of hydrogen-bond donors (Lipinski definition) is 1. The Hall–Kier alpha value is -2.55. The third kappa shape index (κ3) is 4.62. The highest BCUT2D eigenvalue weighted by Gasteiger charge is 2.41. The van der Waals surface area contributed by atoms with Crippen molar-refractivity contribution in [1.82, 2.24) is 19.7 Å². The van der Waals surface area contributed by atoms with Gasteiger partial charge in [0.25, 0.3) is 11.8 Å². The Labute approximate surface area is 185 Å². The number of H-pyrrole nitrogens is 1. The van der Waals surface area contributed by atoms with Crippen LogP contribution in [-0.2, 0) is 0 Å². The number of piperazine rings is 1. The van der Waals surface area contributed by atoms with E-state index in [1.165, 1.54) is 4.90 Å². The molecule has 1 N–H and O–H groups in total. The predicted octanol–water partition coefficient (Wildman–Crippen LogP) is 3.75. The van der Waals surface area contributed by atoms with Gasteiger partial charge in [-0.1, -0.05) is 0 Å². The molecule has 0 atom stereocenters. The van der Waals surface area contributed by atoms with E-state index in [-0.39, 0.29) is 37.7 Å². The zero-order valence-electron chi connectivity index (χ0n) is 18.4. The molecule has 0 unspecified atom stereocenters. The highest BCUT2D eigenvalue weighted by Crippen LogP contribution is 2.34. The Balaban J connectivity index is 1.43. The largest absolute Gasteiger partial charge is 0.391 e. The van der Waals surface area contributed by atoms with Gasteiger partial charge in [-0.25, -0.2) is 0 Å². The van der Waals surface area contributed by atoms with Gasteiger partial charge in [0.1, 0.15) is 5.69 Å². The first kappa shape index (κ1) is 22.6. The van der Waals surface area contributed by atoms with Crippen LogP contribution in [-0.4, -0.2) is 83.0 Å². The molecule has 2 amide bonds. The Kier molecular flexibility index (Phi) is 6.20. The molecule has 0 saturated carbocycles. The van der Waals surface area contributed by atoms with Gasteiger partial charge in [-0.2, -0.15) is 13.2 Å². The first-order chi connectivity index (χ1) is 15.1. The maximum atomic E-state index is 12.9. The van der Waals surface area contributed by atoms with Gasteiger partial charge in [0.2, 0.25) is 0 Å². The number of alkyl halides is 3. The lowest BCUT2D eigenvalue weighted by atomic mass is 9.96. The maximum absolute atomic E-state index is 12.9. The van der Waals surface area contributed by atoms with Crippen molar-refractivity contribution in [2.24, 2.45) is 5.92 Å². The normalized spacial score (nSPS) is 19.2. The number of carbonyl (C=O) groups is 2. The van der Waals surface area contributed by atoms with Gasteiger partial charge in [-0.15, -0.1) is 0 Å². The molecule has 3 heterocycles. The average molecular weight is 451 g/mol. The van der Waals surface area contributed by atoms with Crippen molar-refractivity contribution >= 4 is 22.7 Å². The second-order valence-electron chi connectivity index (χ2n) is 9.02. The van der Waals surface area contributed by atoms with E-state index in [1.54, 1.807) is 24.3 Å². The summed E-state index contributed by atoms with van der Waals surface area (Å²) >= 11 is 0. The molecule has 2 aromatic rings. The number of benzene rings is 1. The Morgan fingerprint density at radius 2 is 1.56 bits per heavy atom. The maximum Gasteiger partial charge on any atom is 0.391 e. The minimum atomic E-state index is -4.21. The van der Waals surface area contributed by atoms with Gasteiger partial charge in [-0.3, -0.25) is 14.5 Å². The van der Waals surface area contributed by atoms with Gasteiger partial charge in [-0.05, 0) is 51.0 Å². The fraction of sp³-hybridized carbons (Fsp3) is 0.565. The third-order valence-electron chi connectivity index (χ3n) is 6.67. The summed E-state index contributed by atoms with van der Waals surface area (Å²) in [6.45, 7) is 7.52. The standard InChI is InChI=1S/C23H29F3N4O2/c1-15(2)28-9-11-30(12-10-28)21(31)16-3-4-19-17(13-16)14-20(27-19)22(32)29-7-5-18(6-8-29)23(24,25)26/h3-4,13-15,18,27H,5-12H2,1-2H3. The molecular formula is C23H29F3N4O2. The molecule has 2 saturated heterocycles. The zero-order valence-corrected chi connectivity index (χ0v) is 18.4. The van der Waals surface area contributed by atoms with Gasteiger partial charge < -0.3 is 14.8 Å². The van der Waals surface area contributed by atoms with E-state index in [4.69, 9.17) is 0 Å². The third-order valence-corrected chi connectivity index (χ3v) is 6.67. The number of nitrogens with zero attached hydrogens (tertiary/aromatic N) is 3. The smallest absolute Gasteiger partial charge is 0.351 e. The van der Waals surface area contributed by atoms with E-state index in [0.717, 1.165) is 24.0 Å². The van der Waals surface area contributed by atoms with Gasteiger partial charge in [0.15, 0.2) is 0 Å². The minimum Gasteiger partial charge on any atom is -0.351 e. The van der Waals surface area contributed by atoms with Gasteiger partial charge in [0.05, 0.1) is 5.92 Å². The second-order valence-corrected chi connectivity index (χ2v) is 9.02. The van der Waals surface area contributed by atoms with E-state index < -0.39 is 12.1 Å². The number of likely N-dealkylation sites (tertiary alicyclic amines) is 1. The first-order valence-corrected chi connectivity index (χ1v) is 11.2. The zero-order chi connectivity index (χ0) is 23.0. The van der Waals surface area contributed by atoms with Crippen molar-refractivity contribution in [2.75, 3.05) is 39.3 Å². The molecule has 32 heavy (non-hydrogen) atoms. The molecule has 0 bridgehead atoms. The summed E-state index contributed by atoms with van der Waals surface area (Å²) in [5.74, 6) is -1.68. The van der Waals surface area contributed by atoms with Crippen LogP contribution < -0.4 is 0 Å². The molecule has 9 heteroatoms. The highest BCUT2D eigenvalue weighted by molar-refractivity contribution is 6.01. The summed E-state index contributed by atoms with van der Waals surface area (Å²) in [5.41, 5.74) is 1.62. The van der Waals surface area contributed by atoms with Crippen LogP contribution in [0.4, 0.5) is 13.2 Å². The van der Waals surface area contributed by atoms with E-state index in [9.17, 15) is 22.8 Å². The number of fused-ring (bicyclic) bond motifs is 1. The fourth-order valence-electron chi connectivity index (χ4n) is 4.59. The average Bonchev–Trinajstić information content (AvgIpc) is 3.21. The molecule has 2 aliphatic rings. The summed E-state index contributed by atoms with van der Waals surface area (Å²) in [4.78, 5) is 34.5. The van der Waals surface area contributed by atoms with Crippen LogP contribution in [0, 0.1) is 5.92 Å². The molecule has 1 aromatic heterocycles. The number of halogens is 3. The molecule has 0 radical (unpaired) electrons. The van der Waals surface area contributed by atoms with Gasteiger partial charge in [0, 0.05) is 61.8 Å². The molecule has 174 valence electrons. The fourth-order valence-corrected chi connectivity index (χ4v) is 4.59. The number of aromatic amines is 1. The molecule has 4 rings (SSSR count). The van der Waals surface area contributed by atoms with Crippen molar-refractivity contribution in [2.45, 2.75) is 38.9 Å².